The van der Waals surface area contributed by atoms with Crippen LogP contribution in [0.2, 0.25) is 0 Å². The average Bonchev–Trinajstić information content (AvgIpc) is 3.55. The van der Waals surface area contributed by atoms with Crippen LogP contribution in [0, 0.1) is 17.7 Å². The third kappa shape index (κ3) is 4.35. The first-order chi connectivity index (χ1) is 18.4. The molecule has 6 rings (SSSR count). The summed E-state index contributed by atoms with van der Waals surface area (Å²) in [6, 6.07) is 12.2. The minimum absolute atomic E-state index is 0.0496. The largest absolute Gasteiger partial charge is 0.359 e. The lowest BCUT2D eigenvalue weighted by atomic mass is 9.74. The van der Waals surface area contributed by atoms with Crippen molar-refractivity contribution < 1.29 is 23.5 Å². The van der Waals surface area contributed by atoms with Gasteiger partial charge in [-0.05, 0) is 54.8 Å². The lowest BCUT2D eigenvalue weighted by Gasteiger charge is -2.34. The van der Waals surface area contributed by atoms with Gasteiger partial charge in [-0.3, -0.25) is 14.4 Å². The van der Waals surface area contributed by atoms with Gasteiger partial charge in [0.2, 0.25) is 17.7 Å². The molecule has 9 heteroatoms. The van der Waals surface area contributed by atoms with Crippen molar-refractivity contribution in [1.29, 1.82) is 0 Å². The zero-order chi connectivity index (χ0) is 26.4. The molecule has 1 spiro atoms. The maximum absolute atomic E-state index is 14.0. The average molecular weight is 582 g/mol. The molecule has 4 aliphatic rings. The van der Waals surface area contributed by atoms with Crippen LogP contribution < -0.4 is 10.6 Å². The van der Waals surface area contributed by atoms with E-state index in [2.05, 4.69) is 26.6 Å². The topological polar surface area (TPSA) is 87.7 Å². The number of benzene rings is 2. The van der Waals surface area contributed by atoms with Crippen molar-refractivity contribution in [2.45, 2.75) is 62.4 Å². The van der Waals surface area contributed by atoms with Crippen LogP contribution in [-0.2, 0) is 25.7 Å². The Morgan fingerprint density at radius 1 is 1.03 bits per heavy atom. The second-order valence-corrected chi connectivity index (χ2v) is 11.5. The Labute approximate surface area is 228 Å². The summed E-state index contributed by atoms with van der Waals surface area (Å²) in [6.45, 7) is 0.114. The first kappa shape index (κ1) is 25.2. The number of fused-ring (bicyclic) bond motifs is 1. The maximum Gasteiger partial charge on any atom is 0.246 e. The van der Waals surface area contributed by atoms with E-state index in [0.29, 0.717) is 11.3 Å². The van der Waals surface area contributed by atoms with Gasteiger partial charge in [0.05, 0.1) is 17.9 Å². The normalized spacial score (nSPS) is 29.9. The Balaban J connectivity index is 1.32. The summed E-state index contributed by atoms with van der Waals surface area (Å²) < 4.78 is 20.8. The number of hydrogen-bond acceptors (Lipinski definition) is 4. The number of carbonyl (C=O) groups excluding carboxylic acids is 3. The number of carbonyl (C=O) groups is 3. The Kier molecular flexibility index (Phi) is 6.60. The van der Waals surface area contributed by atoms with Gasteiger partial charge >= 0.3 is 0 Å². The lowest BCUT2D eigenvalue weighted by Crippen LogP contribution is -2.56. The molecule has 0 aromatic heterocycles. The molecule has 3 unspecified atom stereocenters. The summed E-state index contributed by atoms with van der Waals surface area (Å²) in [5.41, 5.74) is 0.0719. The number of halogens is 2. The van der Waals surface area contributed by atoms with Crippen LogP contribution in [0.4, 0.5) is 10.1 Å². The van der Waals surface area contributed by atoms with Crippen molar-refractivity contribution >= 4 is 39.3 Å². The molecule has 5 atom stereocenters. The summed E-state index contributed by atoms with van der Waals surface area (Å²) in [6.07, 6.45) is 8.07. The van der Waals surface area contributed by atoms with E-state index in [1.807, 2.05) is 12.1 Å². The Morgan fingerprint density at radius 2 is 1.74 bits per heavy atom. The molecule has 2 bridgehead atoms. The number of hydrogen-bond donors (Lipinski definition) is 2. The summed E-state index contributed by atoms with van der Waals surface area (Å²) in [5, 5.41) is 6.09. The van der Waals surface area contributed by atoms with Crippen molar-refractivity contribution in [1.82, 2.24) is 10.2 Å². The third-order valence-corrected chi connectivity index (χ3v) is 8.78. The van der Waals surface area contributed by atoms with Crippen molar-refractivity contribution in [2.75, 3.05) is 5.32 Å². The highest BCUT2D eigenvalue weighted by Gasteiger charge is 2.72. The predicted molar refractivity (Wildman–Crippen MR) is 142 cm³/mol. The minimum atomic E-state index is -1.23. The van der Waals surface area contributed by atoms with E-state index in [-0.39, 0.29) is 36.1 Å². The van der Waals surface area contributed by atoms with Gasteiger partial charge in [0.25, 0.3) is 0 Å². The van der Waals surface area contributed by atoms with Crippen molar-refractivity contribution in [3.63, 3.8) is 0 Å². The number of nitrogens with zero attached hydrogens (tertiary/aromatic N) is 1. The highest BCUT2D eigenvalue weighted by molar-refractivity contribution is 9.10. The monoisotopic (exact) mass is 581 g/mol. The molecule has 7 nitrogen and oxygen atoms in total. The summed E-state index contributed by atoms with van der Waals surface area (Å²) in [5.74, 6) is -2.89. The molecule has 2 N–H and O–H groups in total. The fourth-order valence-electron chi connectivity index (χ4n) is 6.51. The number of nitrogens with one attached hydrogen (secondary N) is 2. The van der Waals surface area contributed by atoms with Gasteiger partial charge in [0.1, 0.15) is 17.5 Å². The quantitative estimate of drug-likeness (QED) is 0.497. The van der Waals surface area contributed by atoms with E-state index in [1.165, 1.54) is 17.0 Å². The molecule has 38 heavy (non-hydrogen) atoms. The number of amides is 3. The van der Waals surface area contributed by atoms with Gasteiger partial charge in [-0.2, -0.15) is 0 Å². The second kappa shape index (κ2) is 9.93. The van der Waals surface area contributed by atoms with E-state index >= 15 is 0 Å². The molecule has 0 radical (unpaired) electrons. The van der Waals surface area contributed by atoms with Gasteiger partial charge < -0.3 is 20.3 Å². The Hall–Kier alpha value is -3.04. The molecule has 198 valence electrons. The molecule has 2 aromatic rings. The standard InChI is InChI=1S/C29H29BrFN3O4/c30-18-8-12-21(13-9-18)32-26(35)23-22-14-15-29(38-22)24(23)28(37)34(16-17-6-10-19(31)11-7-17)25(29)27(36)33-20-4-2-1-3-5-20/h6-15,20,22-25H,1-5,16H2,(H,32,35)(H,33,36)/t22-,23?,24-,25?,29?/m1/s1. The molecule has 1 saturated carbocycles. The molecule has 3 amide bonds. The smallest absolute Gasteiger partial charge is 0.246 e. The highest BCUT2D eigenvalue weighted by Crippen LogP contribution is 2.55. The fourth-order valence-corrected chi connectivity index (χ4v) is 6.77. The first-order valence-corrected chi connectivity index (χ1v) is 13.9. The molecular weight excluding hydrogens is 553 g/mol. The first-order valence-electron chi connectivity index (χ1n) is 13.1. The zero-order valence-corrected chi connectivity index (χ0v) is 22.3. The van der Waals surface area contributed by atoms with E-state index in [4.69, 9.17) is 4.74 Å². The third-order valence-electron chi connectivity index (χ3n) is 8.25. The summed E-state index contributed by atoms with van der Waals surface area (Å²) >= 11 is 3.39. The van der Waals surface area contributed by atoms with Gasteiger partial charge in [0, 0.05) is 22.7 Å². The van der Waals surface area contributed by atoms with Crippen LogP contribution in [0.5, 0.6) is 0 Å². The van der Waals surface area contributed by atoms with E-state index in [1.54, 1.807) is 36.4 Å². The van der Waals surface area contributed by atoms with Crippen LogP contribution in [0.25, 0.3) is 0 Å². The van der Waals surface area contributed by atoms with Crippen molar-refractivity contribution in [2.24, 2.45) is 11.8 Å². The molecule has 3 heterocycles. The van der Waals surface area contributed by atoms with Gasteiger partial charge in [-0.25, -0.2) is 4.39 Å². The highest BCUT2D eigenvalue weighted by atomic mass is 79.9. The molecular formula is C29H29BrFN3O4. The van der Waals surface area contributed by atoms with Crippen molar-refractivity contribution in [3.8, 4) is 0 Å². The summed E-state index contributed by atoms with van der Waals surface area (Å²) in [7, 11) is 0. The maximum atomic E-state index is 14.0. The molecule has 2 saturated heterocycles. The molecule has 3 aliphatic heterocycles. The van der Waals surface area contributed by atoms with Crippen molar-refractivity contribution in [3.05, 3.63) is 76.5 Å². The van der Waals surface area contributed by atoms with Crippen LogP contribution in [0.15, 0.2) is 65.2 Å². The Bertz CT molecular complexity index is 1280. The zero-order valence-electron chi connectivity index (χ0n) is 20.7. The fraction of sp³-hybridized carbons (Fsp3) is 0.414. The van der Waals surface area contributed by atoms with Gasteiger partial charge in [0.15, 0.2) is 0 Å². The second-order valence-electron chi connectivity index (χ2n) is 10.6. The molecule has 1 aliphatic carbocycles. The minimum Gasteiger partial charge on any atom is -0.359 e. The molecule has 2 aromatic carbocycles. The van der Waals surface area contributed by atoms with E-state index < -0.39 is 29.6 Å². The Morgan fingerprint density at radius 3 is 2.45 bits per heavy atom. The van der Waals surface area contributed by atoms with Crippen LogP contribution >= 0.6 is 15.9 Å². The number of anilines is 1. The molecule has 3 fully saturated rings. The number of ether oxygens (including phenoxy) is 1. The van der Waals surface area contributed by atoms with Crippen LogP contribution in [0.1, 0.15) is 37.7 Å². The lowest BCUT2D eigenvalue weighted by molar-refractivity contribution is -0.142. The van der Waals surface area contributed by atoms with E-state index in [0.717, 1.165) is 36.6 Å². The number of likely N-dealkylation sites (tertiary alicyclic amines) is 1. The summed E-state index contributed by atoms with van der Waals surface area (Å²) in [4.78, 5) is 42.9. The van der Waals surface area contributed by atoms with Gasteiger partial charge in [-0.15, -0.1) is 0 Å². The van der Waals surface area contributed by atoms with Crippen LogP contribution in [-0.4, -0.2) is 46.4 Å². The SMILES string of the molecule is O=C(Nc1ccc(Br)cc1)C1[C@H]2C=CC3(O2)C(C(=O)NC2CCCCC2)N(Cc2ccc(F)cc2)C(=O)[C@@H]13. The van der Waals surface area contributed by atoms with E-state index in [9.17, 15) is 18.8 Å². The number of rotatable bonds is 6. The van der Waals surface area contributed by atoms with Gasteiger partial charge in [-0.1, -0.05) is 59.5 Å². The predicted octanol–water partition coefficient (Wildman–Crippen LogP) is 4.33. The van der Waals surface area contributed by atoms with Crippen LogP contribution in [0.3, 0.4) is 0 Å².